The Morgan fingerprint density at radius 3 is 2.75 bits per heavy atom. The summed E-state index contributed by atoms with van der Waals surface area (Å²) in [5.41, 5.74) is 8.26. The molecule has 0 atom stereocenters. The third-order valence-electron chi connectivity index (χ3n) is 3.47. The Hall–Kier alpha value is -2.68. The number of thiocarbonyl (C=S) groups is 1. The maximum absolute atomic E-state index is 12.3. The molecule has 0 radical (unpaired) electrons. The minimum atomic E-state index is -0.913. The molecule has 0 bridgehead atoms. The Morgan fingerprint density at radius 2 is 2.21 bits per heavy atom. The van der Waals surface area contributed by atoms with Crippen LogP contribution in [0.15, 0.2) is 23.3 Å². The fourth-order valence-corrected chi connectivity index (χ4v) is 2.36. The molecule has 0 aromatic heterocycles. The zero-order valence-corrected chi connectivity index (χ0v) is 14.4. The van der Waals surface area contributed by atoms with Gasteiger partial charge in [-0.1, -0.05) is 0 Å². The second kappa shape index (κ2) is 6.83. The number of amides is 3. The highest BCUT2D eigenvalue weighted by Crippen LogP contribution is 2.25. The molecule has 4 N–H and O–H groups in total. The van der Waals surface area contributed by atoms with Crippen LogP contribution in [0.4, 0.5) is 4.79 Å². The van der Waals surface area contributed by atoms with Crippen molar-refractivity contribution in [1.82, 2.24) is 15.6 Å². The van der Waals surface area contributed by atoms with Crippen LogP contribution in [0.2, 0.25) is 0 Å². The first-order valence-electron chi connectivity index (χ1n) is 7.14. The van der Waals surface area contributed by atoms with Gasteiger partial charge in [0, 0.05) is 5.56 Å². The van der Waals surface area contributed by atoms with E-state index in [2.05, 4.69) is 28.1 Å². The van der Waals surface area contributed by atoms with Gasteiger partial charge >= 0.3 is 6.03 Å². The molecule has 0 spiro atoms. The maximum Gasteiger partial charge on any atom is 0.325 e. The van der Waals surface area contributed by atoms with Gasteiger partial charge in [-0.2, -0.15) is 5.10 Å². The third kappa shape index (κ3) is 3.80. The second-order valence-electron chi connectivity index (χ2n) is 5.75. The van der Waals surface area contributed by atoms with Gasteiger partial charge in [-0.15, -0.1) is 0 Å². The van der Waals surface area contributed by atoms with Crippen LogP contribution in [-0.2, 0) is 11.3 Å². The van der Waals surface area contributed by atoms with Gasteiger partial charge in [0.25, 0.3) is 5.91 Å². The lowest BCUT2D eigenvalue weighted by atomic mass is 10.1. The SMILES string of the molecule is COc1ccc(C=NNC(N)=S)cc1CN1C(=O)NC(C)(C)C1=O. The van der Waals surface area contributed by atoms with E-state index in [1.165, 1.54) is 13.3 Å². The van der Waals surface area contributed by atoms with Gasteiger partial charge in [-0.3, -0.25) is 15.1 Å². The van der Waals surface area contributed by atoms with Crippen molar-refractivity contribution in [1.29, 1.82) is 0 Å². The number of hydrogen-bond donors (Lipinski definition) is 3. The molecule has 8 nitrogen and oxygen atoms in total. The van der Waals surface area contributed by atoms with E-state index in [1.54, 1.807) is 32.0 Å². The molecule has 1 aliphatic rings. The van der Waals surface area contributed by atoms with Crippen molar-refractivity contribution < 1.29 is 14.3 Å². The summed E-state index contributed by atoms with van der Waals surface area (Å²) >= 11 is 4.66. The Balaban J connectivity index is 2.25. The van der Waals surface area contributed by atoms with Crippen LogP contribution in [0.1, 0.15) is 25.0 Å². The number of rotatable bonds is 5. The molecule has 2 rings (SSSR count). The lowest BCUT2D eigenvalue weighted by molar-refractivity contribution is -0.130. The van der Waals surface area contributed by atoms with E-state index in [0.29, 0.717) is 11.3 Å². The third-order valence-corrected chi connectivity index (χ3v) is 3.56. The zero-order valence-electron chi connectivity index (χ0n) is 13.6. The van der Waals surface area contributed by atoms with E-state index >= 15 is 0 Å². The molecule has 0 saturated carbocycles. The number of imide groups is 1. The predicted molar refractivity (Wildman–Crippen MR) is 93.7 cm³/mol. The summed E-state index contributed by atoms with van der Waals surface area (Å²) < 4.78 is 5.31. The average Bonchev–Trinajstić information content (AvgIpc) is 2.69. The Bertz CT molecular complexity index is 717. The largest absolute Gasteiger partial charge is 0.496 e. The van der Waals surface area contributed by atoms with Crippen LogP contribution < -0.4 is 21.2 Å². The fraction of sp³-hybridized carbons (Fsp3) is 0.333. The van der Waals surface area contributed by atoms with E-state index in [-0.39, 0.29) is 17.6 Å². The average molecular weight is 349 g/mol. The molecule has 1 aromatic rings. The van der Waals surface area contributed by atoms with Gasteiger partial charge in [-0.05, 0) is 49.8 Å². The molecule has 1 fully saturated rings. The first-order valence-corrected chi connectivity index (χ1v) is 7.55. The van der Waals surface area contributed by atoms with Crippen molar-refractivity contribution in [3.8, 4) is 5.75 Å². The summed E-state index contributed by atoms with van der Waals surface area (Å²) in [6, 6.07) is 4.86. The number of urea groups is 1. The van der Waals surface area contributed by atoms with Gasteiger partial charge in [0.1, 0.15) is 11.3 Å². The van der Waals surface area contributed by atoms with E-state index in [9.17, 15) is 9.59 Å². The van der Waals surface area contributed by atoms with Crippen LogP contribution in [0.5, 0.6) is 5.75 Å². The molecular formula is C15H19N5O3S. The number of nitrogens with one attached hydrogen (secondary N) is 2. The minimum Gasteiger partial charge on any atom is -0.496 e. The van der Waals surface area contributed by atoms with Gasteiger partial charge in [0.2, 0.25) is 0 Å². The van der Waals surface area contributed by atoms with E-state index in [0.717, 1.165) is 10.5 Å². The van der Waals surface area contributed by atoms with Gasteiger partial charge < -0.3 is 15.8 Å². The first kappa shape index (κ1) is 17.7. The smallest absolute Gasteiger partial charge is 0.325 e. The highest BCUT2D eigenvalue weighted by atomic mass is 32.1. The molecule has 3 amide bonds. The molecule has 1 saturated heterocycles. The molecule has 128 valence electrons. The highest BCUT2D eigenvalue weighted by Gasteiger charge is 2.44. The number of carbonyl (C=O) groups excluding carboxylic acids is 2. The molecule has 9 heteroatoms. The number of nitrogens with two attached hydrogens (primary N) is 1. The predicted octanol–water partition coefficient (Wildman–Crippen LogP) is 0.693. The lowest BCUT2D eigenvalue weighted by Crippen LogP contribution is -2.40. The standard InChI is InChI=1S/C15H19N5O3S/c1-15(2)12(21)20(14(22)18-15)8-10-6-9(4-5-11(10)23-3)7-17-19-13(16)24/h4-7H,8H2,1-3H3,(H,18,22)(H3,16,19,24). The molecule has 1 aromatic carbocycles. The minimum absolute atomic E-state index is 0.0570. The summed E-state index contributed by atoms with van der Waals surface area (Å²) in [6.07, 6.45) is 1.53. The van der Waals surface area contributed by atoms with E-state index in [1.807, 2.05) is 0 Å². The number of hydrogen-bond acceptors (Lipinski definition) is 5. The maximum atomic E-state index is 12.3. The van der Waals surface area contributed by atoms with Crippen LogP contribution in [0, 0.1) is 0 Å². The van der Waals surface area contributed by atoms with E-state index in [4.69, 9.17) is 10.5 Å². The fourth-order valence-electron chi connectivity index (χ4n) is 2.30. The van der Waals surface area contributed by atoms with Crippen LogP contribution in [0.3, 0.4) is 0 Å². The number of nitrogens with zero attached hydrogens (tertiary/aromatic N) is 2. The topological polar surface area (TPSA) is 109 Å². The molecule has 24 heavy (non-hydrogen) atoms. The van der Waals surface area contributed by atoms with Crippen LogP contribution in [-0.4, -0.2) is 40.8 Å². The summed E-state index contributed by atoms with van der Waals surface area (Å²) in [4.78, 5) is 25.5. The number of ether oxygens (including phenoxy) is 1. The Labute approximate surface area is 145 Å². The monoisotopic (exact) mass is 349 g/mol. The second-order valence-corrected chi connectivity index (χ2v) is 6.19. The lowest BCUT2D eigenvalue weighted by Gasteiger charge is -2.17. The van der Waals surface area contributed by atoms with Crippen molar-refractivity contribution in [3.05, 3.63) is 29.3 Å². The van der Waals surface area contributed by atoms with Crippen LogP contribution >= 0.6 is 12.2 Å². The van der Waals surface area contributed by atoms with Gasteiger partial charge in [0.05, 0.1) is 19.9 Å². The number of benzene rings is 1. The Morgan fingerprint density at radius 1 is 1.50 bits per heavy atom. The van der Waals surface area contributed by atoms with Crippen molar-refractivity contribution in [2.75, 3.05) is 7.11 Å². The summed E-state index contributed by atoms with van der Waals surface area (Å²) in [5, 5.41) is 6.58. The normalized spacial score (nSPS) is 16.4. The molecule has 0 aliphatic carbocycles. The summed E-state index contributed by atoms with van der Waals surface area (Å²) in [5.74, 6) is 0.281. The summed E-state index contributed by atoms with van der Waals surface area (Å²) in [7, 11) is 1.52. The number of carbonyl (C=O) groups is 2. The molecule has 1 aliphatic heterocycles. The first-order chi connectivity index (χ1) is 11.2. The molecular weight excluding hydrogens is 330 g/mol. The summed E-state index contributed by atoms with van der Waals surface area (Å²) in [6.45, 7) is 3.42. The van der Waals surface area contributed by atoms with Gasteiger partial charge in [-0.25, -0.2) is 4.79 Å². The zero-order chi connectivity index (χ0) is 17.9. The molecule has 1 heterocycles. The number of hydrazone groups is 1. The van der Waals surface area contributed by atoms with Crippen molar-refractivity contribution in [2.45, 2.75) is 25.9 Å². The Kier molecular flexibility index (Phi) is 5.03. The molecule has 0 unspecified atom stereocenters. The van der Waals surface area contributed by atoms with Crippen molar-refractivity contribution >= 4 is 35.5 Å². The van der Waals surface area contributed by atoms with Crippen molar-refractivity contribution in [3.63, 3.8) is 0 Å². The number of methoxy groups -OCH3 is 1. The van der Waals surface area contributed by atoms with Crippen LogP contribution in [0.25, 0.3) is 0 Å². The van der Waals surface area contributed by atoms with Gasteiger partial charge in [0.15, 0.2) is 5.11 Å². The quantitative estimate of drug-likeness (QED) is 0.312. The van der Waals surface area contributed by atoms with Crippen molar-refractivity contribution in [2.24, 2.45) is 10.8 Å². The highest BCUT2D eigenvalue weighted by molar-refractivity contribution is 7.80. The van der Waals surface area contributed by atoms with E-state index < -0.39 is 11.6 Å².